The Morgan fingerprint density at radius 3 is 2.88 bits per heavy atom. The van der Waals surface area contributed by atoms with Crippen molar-refractivity contribution in [1.82, 2.24) is 0 Å². The van der Waals surface area contributed by atoms with E-state index in [1.165, 1.54) is 5.57 Å². The number of nitrogens with zero attached hydrogens (tertiary/aromatic N) is 1. The molecule has 3 heteroatoms. The Morgan fingerprint density at radius 1 is 1.50 bits per heavy atom. The van der Waals surface area contributed by atoms with Gasteiger partial charge in [-0.2, -0.15) is 5.26 Å². The third-order valence-corrected chi connectivity index (χ3v) is 2.92. The number of alkyl halides is 1. The average Bonchev–Trinajstić information content (AvgIpc) is 2.34. The number of hydrogen-bond acceptors (Lipinski definition) is 2. The summed E-state index contributed by atoms with van der Waals surface area (Å²) >= 11 is 3.45. The smallest absolute Gasteiger partial charge is 0.174 e. The highest BCUT2D eigenvalue weighted by Crippen LogP contribution is 2.22. The second kappa shape index (κ2) is 7.08. The molecule has 0 saturated heterocycles. The van der Waals surface area contributed by atoms with Crippen LogP contribution in [-0.4, -0.2) is 11.9 Å². The molecule has 0 aromatic heterocycles. The number of ether oxygens (including phenoxy) is 1. The maximum absolute atomic E-state index is 8.49. The summed E-state index contributed by atoms with van der Waals surface area (Å²) in [5.74, 6) is 0.760. The van der Waals surface area contributed by atoms with Gasteiger partial charge in [0.15, 0.2) is 6.61 Å². The first kappa shape index (κ1) is 12.8. The van der Waals surface area contributed by atoms with E-state index in [0.29, 0.717) is 0 Å². The molecule has 0 spiro atoms. The Balaban J connectivity index is 2.94. The molecule has 0 heterocycles. The van der Waals surface area contributed by atoms with Crippen LogP contribution in [0, 0.1) is 11.3 Å². The molecule has 0 saturated carbocycles. The van der Waals surface area contributed by atoms with Gasteiger partial charge in [0.25, 0.3) is 0 Å². The van der Waals surface area contributed by atoms with Gasteiger partial charge in [0.2, 0.25) is 0 Å². The van der Waals surface area contributed by atoms with Gasteiger partial charge in [-0.3, -0.25) is 0 Å². The Kier molecular flexibility index (Phi) is 5.66. The third-order valence-electron chi connectivity index (χ3n) is 2.20. The van der Waals surface area contributed by atoms with Gasteiger partial charge in [0.05, 0.1) is 0 Å². The quantitative estimate of drug-likeness (QED) is 0.769. The molecule has 0 radical (unpaired) electrons. The highest BCUT2D eigenvalue weighted by molar-refractivity contribution is 9.09. The molecule has 1 aromatic carbocycles. The first-order valence-electron chi connectivity index (χ1n) is 5.16. The minimum Gasteiger partial charge on any atom is -0.478 e. The van der Waals surface area contributed by atoms with Crippen molar-refractivity contribution in [3.63, 3.8) is 0 Å². The van der Waals surface area contributed by atoms with Crippen molar-refractivity contribution in [3.8, 4) is 11.8 Å². The van der Waals surface area contributed by atoms with Gasteiger partial charge >= 0.3 is 0 Å². The summed E-state index contributed by atoms with van der Waals surface area (Å²) in [6, 6.07) is 9.71. The molecule has 0 aliphatic carbocycles. The van der Waals surface area contributed by atoms with Crippen molar-refractivity contribution >= 4 is 22.0 Å². The van der Waals surface area contributed by atoms with Gasteiger partial charge < -0.3 is 4.74 Å². The number of nitriles is 1. The Bertz CT molecular complexity index is 401. The standard InChI is InChI=1S/C13H14BrNO/c1-2-11(10-14)9-12-5-3-4-6-13(12)16-8-7-15/h3-6,9H,2,8,10H2,1H3. The van der Waals surface area contributed by atoms with E-state index in [1.807, 2.05) is 30.3 Å². The van der Waals surface area contributed by atoms with E-state index >= 15 is 0 Å². The minimum absolute atomic E-state index is 0.0840. The maximum atomic E-state index is 8.49. The van der Waals surface area contributed by atoms with Gasteiger partial charge in [-0.15, -0.1) is 0 Å². The summed E-state index contributed by atoms with van der Waals surface area (Å²) in [5.41, 5.74) is 2.32. The van der Waals surface area contributed by atoms with E-state index in [-0.39, 0.29) is 6.61 Å². The lowest BCUT2D eigenvalue weighted by molar-refractivity contribution is 0.367. The van der Waals surface area contributed by atoms with Gasteiger partial charge in [-0.25, -0.2) is 0 Å². The van der Waals surface area contributed by atoms with E-state index in [1.54, 1.807) is 0 Å². The van der Waals surface area contributed by atoms with Crippen molar-refractivity contribution in [3.05, 3.63) is 35.4 Å². The van der Waals surface area contributed by atoms with Crippen molar-refractivity contribution in [1.29, 1.82) is 5.26 Å². The molecule has 0 unspecified atom stereocenters. The molecule has 1 aromatic rings. The number of benzene rings is 1. The number of para-hydroxylation sites is 1. The van der Waals surface area contributed by atoms with Crippen LogP contribution < -0.4 is 4.74 Å². The van der Waals surface area contributed by atoms with Gasteiger partial charge in [0.1, 0.15) is 11.8 Å². The molecule has 0 amide bonds. The van der Waals surface area contributed by atoms with Gasteiger partial charge in [-0.1, -0.05) is 52.7 Å². The predicted octanol–water partition coefficient (Wildman–Crippen LogP) is 3.78. The lowest BCUT2D eigenvalue weighted by Crippen LogP contribution is -1.95. The number of rotatable bonds is 5. The SMILES string of the molecule is CCC(=Cc1ccccc1OCC#N)CBr. The molecule has 84 valence electrons. The fourth-order valence-electron chi connectivity index (χ4n) is 1.30. The summed E-state index contributed by atoms with van der Waals surface area (Å²) in [6.07, 6.45) is 3.10. The summed E-state index contributed by atoms with van der Waals surface area (Å²) in [7, 11) is 0. The van der Waals surface area contributed by atoms with Crippen LogP contribution in [0.1, 0.15) is 18.9 Å². The fourth-order valence-corrected chi connectivity index (χ4v) is 1.85. The van der Waals surface area contributed by atoms with Crippen molar-refractivity contribution in [2.45, 2.75) is 13.3 Å². The molecule has 1 rings (SSSR count). The number of halogens is 1. The van der Waals surface area contributed by atoms with Crippen LogP contribution in [0.25, 0.3) is 6.08 Å². The summed E-state index contributed by atoms with van der Waals surface area (Å²) < 4.78 is 5.36. The lowest BCUT2D eigenvalue weighted by Gasteiger charge is -2.07. The molecule has 2 nitrogen and oxygen atoms in total. The first-order valence-corrected chi connectivity index (χ1v) is 6.28. The lowest BCUT2D eigenvalue weighted by atomic mass is 10.1. The summed E-state index contributed by atoms with van der Waals surface area (Å²) in [4.78, 5) is 0. The van der Waals surface area contributed by atoms with E-state index < -0.39 is 0 Å². The van der Waals surface area contributed by atoms with Crippen molar-refractivity contribution in [2.24, 2.45) is 0 Å². The van der Waals surface area contributed by atoms with E-state index in [2.05, 4.69) is 28.9 Å². The summed E-state index contributed by atoms with van der Waals surface area (Å²) in [5, 5.41) is 9.35. The monoisotopic (exact) mass is 279 g/mol. The highest BCUT2D eigenvalue weighted by Gasteiger charge is 2.01. The molecule has 16 heavy (non-hydrogen) atoms. The molecule has 0 fully saturated rings. The van der Waals surface area contributed by atoms with E-state index in [0.717, 1.165) is 23.1 Å². The predicted molar refractivity (Wildman–Crippen MR) is 69.6 cm³/mol. The fraction of sp³-hybridized carbons (Fsp3) is 0.308. The molecule has 0 atom stereocenters. The Morgan fingerprint density at radius 2 is 2.25 bits per heavy atom. The first-order chi connectivity index (χ1) is 7.81. The van der Waals surface area contributed by atoms with Crippen LogP contribution in [0.5, 0.6) is 5.75 Å². The van der Waals surface area contributed by atoms with Gasteiger partial charge in [0, 0.05) is 10.9 Å². The largest absolute Gasteiger partial charge is 0.478 e. The van der Waals surface area contributed by atoms with Gasteiger partial charge in [-0.05, 0) is 12.5 Å². The van der Waals surface area contributed by atoms with Crippen LogP contribution in [0.15, 0.2) is 29.8 Å². The number of hydrogen-bond donors (Lipinski definition) is 0. The minimum atomic E-state index is 0.0840. The van der Waals surface area contributed by atoms with Crippen LogP contribution in [-0.2, 0) is 0 Å². The highest BCUT2D eigenvalue weighted by atomic mass is 79.9. The molecular weight excluding hydrogens is 266 g/mol. The molecule has 0 N–H and O–H groups in total. The molecular formula is C13H14BrNO. The maximum Gasteiger partial charge on any atom is 0.174 e. The normalized spacial score (nSPS) is 10.9. The van der Waals surface area contributed by atoms with E-state index in [4.69, 9.17) is 10.00 Å². The Hall–Kier alpha value is -1.27. The van der Waals surface area contributed by atoms with Crippen molar-refractivity contribution in [2.75, 3.05) is 11.9 Å². The Labute approximate surface area is 105 Å². The summed E-state index contributed by atoms with van der Waals surface area (Å²) in [6.45, 7) is 2.20. The van der Waals surface area contributed by atoms with Crippen LogP contribution >= 0.6 is 15.9 Å². The van der Waals surface area contributed by atoms with Crippen LogP contribution in [0.3, 0.4) is 0 Å². The number of allylic oxidation sites excluding steroid dienone is 1. The zero-order chi connectivity index (χ0) is 11.8. The second-order valence-electron chi connectivity index (χ2n) is 3.27. The molecule has 0 aliphatic rings. The average molecular weight is 280 g/mol. The zero-order valence-corrected chi connectivity index (χ0v) is 10.8. The zero-order valence-electron chi connectivity index (χ0n) is 9.24. The van der Waals surface area contributed by atoms with Crippen LogP contribution in [0.2, 0.25) is 0 Å². The molecule has 0 aliphatic heterocycles. The van der Waals surface area contributed by atoms with Crippen molar-refractivity contribution < 1.29 is 4.74 Å². The van der Waals surface area contributed by atoms with E-state index in [9.17, 15) is 0 Å². The second-order valence-corrected chi connectivity index (χ2v) is 3.84. The topological polar surface area (TPSA) is 33.0 Å². The third kappa shape index (κ3) is 3.71. The molecule has 0 bridgehead atoms. The van der Waals surface area contributed by atoms with Crippen LogP contribution in [0.4, 0.5) is 0 Å².